The number of nitrogens with one attached hydrogen (secondary N) is 2. The van der Waals surface area contributed by atoms with Crippen LogP contribution < -0.4 is 14.8 Å². The molecule has 0 radical (unpaired) electrons. The summed E-state index contributed by atoms with van der Waals surface area (Å²) in [6, 6.07) is 15.3. The van der Waals surface area contributed by atoms with Gasteiger partial charge in [-0.1, -0.05) is 31.5 Å². The zero-order valence-electron chi connectivity index (χ0n) is 14.8. The van der Waals surface area contributed by atoms with Crippen LogP contribution in [0.5, 0.6) is 5.75 Å². The van der Waals surface area contributed by atoms with Crippen molar-refractivity contribution >= 4 is 21.4 Å². The summed E-state index contributed by atoms with van der Waals surface area (Å²) in [6.07, 6.45) is 2.36. The van der Waals surface area contributed by atoms with Gasteiger partial charge in [-0.05, 0) is 48.7 Å². The summed E-state index contributed by atoms with van der Waals surface area (Å²) in [7, 11) is -1.58. The second-order valence-electron chi connectivity index (χ2n) is 5.84. The second-order valence-corrected chi connectivity index (χ2v) is 7.68. The third-order valence-corrected chi connectivity index (χ3v) is 5.21. The van der Waals surface area contributed by atoms with Crippen LogP contribution in [-0.2, 0) is 16.4 Å². The van der Waals surface area contributed by atoms with Crippen molar-refractivity contribution in [2.24, 2.45) is 0 Å². The Balaban J connectivity index is 1.86. The molecule has 0 aromatic heterocycles. The Morgan fingerprint density at radius 1 is 1.00 bits per heavy atom. The van der Waals surface area contributed by atoms with Crippen LogP contribution in [0.1, 0.15) is 25.3 Å². The zero-order chi connectivity index (χ0) is 18.1. The Kier molecular flexibility index (Phi) is 7.13. The maximum Gasteiger partial charge on any atom is 0.232 e. The summed E-state index contributed by atoms with van der Waals surface area (Å²) < 4.78 is 31.7. The molecule has 5 nitrogen and oxygen atoms in total. The van der Waals surface area contributed by atoms with Gasteiger partial charge in [0.15, 0.2) is 0 Å². The highest BCUT2D eigenvalue weighted by Gasteiger charge is 2.09. The lowest BCUT2D eigenvalue weighted by Gasteiger charge is -2.11. The fraction of sp³-hybridized carbons (Fsp3) is 0.368. The maximum absolute atomic E-state index is 11.9. The van der Waals surface area contributed by atoms with E-state index in [2.05, 4.69) is 16.1 Å². The molecular weight excluding hydrogens is 336 g/mol. The van der Waals surface area contributed by atoms with E-state index in [0.717, 1.165) is 36.4 Å². The molecule has 0 aliphatic rings. The predicted octanol–water partition coefficient (Wildman–Crippen LogP) is 3.89. The van der Waals surface area contributed by atoms with Crippen molar-refractivity contribution in [2.45, 2.75) is 26.2 Å². The molecule has 2 aromatic rings. The van der Waals surface area contributed by atoms with Gasteiger partial charge >= 0.3 is 0 Å². The maximum atomic E-state index is 11.9. The Morgan fingerprint density at radius 3 is 2.36 bits per heavy atom. The SMILES string of the molecule is CCCCS(=O)(=O)Nc1ccc(NCCc2ccccc2OC)cc1. The van der Waals surface area contributed by atoms with Crippen LogP contribution in [0.3, 0.4) is 0 Å². The predicted molar refractivity (Wildman–Crippen MR) is 104 cm³/mol. The summed E-state index contributed by atoms with van der Waals surface area (Å²) in [5.74, 6) is 1.05. The molecule has 25 heavy (non-hydrogen) atoms. The van der Waals surface area contributed by atoms with Crippen LogP contribution in [0.2, 0.25) is 0 Å². The van der Waals surface area contributed by atoms with Crippen molar-refractivity contribution in [3.05, 3.63) is 54.1 Å². The van der Waals surface area contributed by atoms with E-state index in [1.165, 1.54) is 0 Å². The fourth-order valence-electron chi connectivity index (χ4n) is 2.47. The van der Waals surface area contributed by atoms with E-state index >= 15 is 0 Å². The van der Waals surface area contributed by atoms with E-state index in [0.29, 0.717) is 12.1 Å². The Hall–Kier alpha value is -2.21. The first-order valence-corrected chi connectivity index (χ1v) is 10.2. The van der Waals surface area contributed by atoms with Crippen LogP contribution in [0.15, 0.2) is 48.5 Å². The fourth-order valence-corrected chi connectivity index (χ4v) is 3.74. The van der Waals surface area contributed by atoms with Gasteiger partial charge in [-0.3, -0.25) is 4.72 Å². The number of ether oxygens (including phenoxy) is 1. The Labute approximate surface area is 150 Å². The van der Waals surface area contributed by atoms with E-state index in [9.17, 15) is 8.42 Å². The van der Waals surface area contributed by atoms with Crippen LogP contribution in [0.25, 0.3) is 0 Å². The van der Waals surface area contributed by atoms with Crippen molar-refractivity contribution in [3.63, 3.8) is 0 Å². The molecule has 2 rings (SSSR count). The summed E-state index contributed by atoms with van der Waals surface area (Å²) in [6.45, 7) is 2.74. The normalized spacial score (nSPS) is 11.1. The molecule has 2 N–H and O–H groups in total. The van der Waals surface area contributed by atoms with Crippen molar-refractivity contribution in [1.82, 2.24) is 0 Å². The molecule has 136 valence electrons. The molecule has 6 heteroatoms. The smallest absolute Gasteiger partial charge is 0.232 e. The highest BCUT2D eigenvalue weighted by molar-refractivity contribution is 7.92. The lowest BCUT2D eigenvalue weighted by Crippen LogP contribution is -2.16. The van der Waals surface area contributed by atoms with E-state index in [1.54, 1.807) is 19.2 Å². The van der Waals surface area contributed by atoms with Gasteiger partial charge in [0, 0.05) is 17.9 Å². The first-order valence-electron chi connectivity index (χ1n) is 8.50. The topological polar surface area (TPSA) is 67.4 Å². The minimum atomic E-state index is -3.25. The molecule has 0 heterocycles. The average Bonchev–Trinajstić information content (AvgIpc) is 2.61. The van der Waals surface area contributed by atoms with Crippen molar-refractivity contribution in [1.29, 1.82) is 0 Å². The largest absolute Gasteiger partial charge is 0.496 e. The Morgan fingerprint density at radius 2 is 1.68 bits per heavy atom. The molecule has 0 unspecified atom stereocenters. The second kappa shape index (κ2) is 9.32. The molecule has 0 aliphatic carbocycles. The average molecular weight is 362 g/mol. The van der Waals surface area contributed by atoms with Crippen molar-refractivity contribution in [2.75, 3.05) is 29.4 Å². The lowest BCUT2D eigenvalue weighted by molar-refractivity contribution is 0.410. The van der Waals surface area contributed by atoms with E-state index < -0.39 is 10.0 Å². The number of hydrogen-bond donors (Lipinski definition) is 2. The molecule has 0 atom stereocenters. The molecule has 2 aromatic carbocycles. The molecule has 0 fully saturated rings. The minimum absolute atomic E-state index is 0.155. The Bertz CT molecular complexity index is 758. The van der Waals surface area contributed by atoms with Gasteiger partial charge in [0.25, 0.3) is 0 Å². The number of unbranched alkanes of at least 4 members (excludes halogenated alkanes) is 1. The van der Waals surface area contributed by atoms with E-state index in [4.69, 9.17) is 4.74 Å². The summed E-state index contributed by atoms with van der Waals surface area (Å²) in [5, 5.41) is 3.34. The van der Waals surface area contributed by atoms with Crippen molar-refractivity contribution in [3.8, 4) is 5.75 Å². The first-order chi connectivity index (χ1) is 12.0. The number of hydrogen-bond acceptors (Lipinski definition) is 4. The van der Waals surface area contributed by atoms with Gasteiger partial charge in [0.05, 0.1) is 12.9 Å². The van der Waals surface area contributed by atoms with E-state index in [-0.39, 0.29) is 5.75 Å². The minimum Gasteiger partial charge on any atom is -0.496 e. The number of rotatable bonds is 10. The number of methoxy groups -OCH3 is 1. The zero-order valence-corrected chi connectivity index (χ0v) is 15.6. The van der Waals surface area contributed by atoms with Crippen LogP contribution in [0, 0.1) is 0 Å². The van der Waals surface area contributed by atoms with E-state index in [1.807, 2.05) is 37.3 Å². The molecule has 0 saturated carbocycles. The van der Waals surface area contributed by atoms with Gasteiger partial charge in [0.1, 0.15) is 5.75 Å². The molecule has 0 amide bonds. The number of sulfonamides is 1. The molecular formula is C19H26N2O3S. The van der Waals surface area contributed by atoms with Crippen LogP contribution in [-0.4, -0.2) is 27.8 Å². The van der Waals surface area contributed by atoms with Gasteiger partial charge in [-0.15, -0.1) is 0 Å². The van der Waals surface area contributed by atoms with Gasteiger partial charge in [-0.25, -0.2) is 8.42 Å². The van der Waals surface area contributed by atoms with Crippen molar-refractivity contribution < 1.29 is 13.2 Å². The van der Waals surface area contributed by atoms with Crippen LogP contribution in [0.4, 0.5) is 11.4 Å². The third-order valence-electron chi connectivity index (χ3n) is 3.84. The number of para-hydroxylation sites is 1. The highest BCUT2D eigenvalue weighted by Crippen LogP contribution is 2.19. The lowest BCUT2D eigenvalue weighted by atomic mass is 10.1. The summed E-state index contributed by atoms with van der Waals surface area (Å²) >= 11 is 0. The number of anilines is 2. The molecule has 0 bridgehead atoms. The molecule has 0 spiro atoms. The summed E-state index contributed by atoms with van der Waals surface area (Å²) in [5.41, 5.74) is 2.69. The monoisotopic (exact) mass is 362 g/mol. The number of benzene rings is 2. The highest BCUT2D eigenvalue weighted by atomic mass is 32.2. The first kappa shape index (κ1) is 19.1. The van der Waals surface area contributed by atoms with Crippen LogP contribution >= 0.6 is 0 Å². The van der Waals surface area contributed by atoms with Gasteiger partial charge < -0.3 is 10.1 Å². The third kappa shape index (κ3) is 6.31. The van der Waals surface area contributed by atoms with Gasteiger partial charge in [0.2, 0.25) is 10.0 Å². The molecule has 0 saturated heterocycles. The quantitative estimate of drug-likeness (QED) is 0.673. The van der Waals surface area contributed by atoms with Gasteiger partial charge in [-0.2, -0.15) is 0 Å². The molecule has 0 aliphatic heterocycles. The standard InChI is InChI=1S/C19H26N2O3S/c1-3-4-15-25(22,23)21-18-11-9-17(10-12-18)20-14-13-16-7-5-6-8-19(16)24-2/h5-12,20-21H,3-4,13-15H2,1-2H3. The summed E-state index contributed by atoms with van der Waals surface area (Å²) in [4.78, 5) is 0.